The van der Waals surface area contributed by atoms with E-state index in [1.165, 1.54) is 22.3 Å². The number of nitrogens with zero attached hydrogens (tertiary/aromatic N) is 7. The SMILES string of the molecule is O=C(Oc1ccc(-n2cnnn2)cc1)c1csc(-c2cnn(-c3ccccc3)c2)n1. The van der Waals surface area contributed by atoms with Crippen molar-refractivity contribution in [3.05, 3.63) is 84.4 Å². The Kier molecular flexibility index (Phi) is 4.58. The number of carbonyl (C=O) groups excluding carboxylic acids is 1. The van der Waals surface area contributed by atoms with Gasteiger partial charge in [-0.2, -0.15) is 5.10 Å². The number of hydrogen-bond acceptors (Lipinski definition) is 8. The normalized spacial score (nSPS) is 10.8. The molecule has 0 amide bonds. The molecule has 0 bridgehead atoms. The summed E-state index contributed by atoms with van der Waals surface area (Å²) >= 11 is 1.36. The quantitative estimate of drug-likeness (QED) is 0.321. The molecule has 0 atom stereocenters. The molecule has 0 radical (unpaired) electrons. The van der Waals surface area contributed by atoms with Crippen molar-refractivity contribution in [3.8, 4) is 27.7 Å². The molecule has 10 heteroatoms. The van der Waals surface area contributed by atoms with E-state index in [0.29, 0.717) is 10.8 Å². The van der Waals surface area contributed by atoms with E-state index in [4.69, 9.17) is 4.74 Å². The maximum absolute atomic E-state index is 12.5. The first-order valence-electron chi connectivity index (χ1n) is 8.88. The third-order valence-electron chi connectivity index (χ3n) is 4.22. The number of tetrazole rings is 1. The number of rotatable bonds is 5. The minimum absolute atomic E-state index is 0.243. The molecule has 0 aliphatic carbocycles. The summed E-state index contributed by atoms with van der Waals surface area (Å²) in [4.78, 5) is 16.9. The third-order valence-corrected chi connectivity index (χ3v) is 5.12. The smallest absolute Gasteiger partial charge is 0.363 e. The predicted octanol–water partition coefficient (Wildman–Crippen LogP) is 3.19. The first-order chi connectivity index (χ1) is 14.8. The van der Waals surface area contributed by atoms with Crippen molar-refractivity contribution in [2.24, 2.45) is 0 Å². The summed E-state index contributed by atoms with van der Waals surface area (Å²) < 4.78 is 8.69. The lowest BCUT2D eigenvalue weighted by Gasteiger charge is -2.03. The second-order valence-corrected chi connectivity index (χ2v) is 7.04. The first-order valence-corrected chi connectivity index (χ1v) is 9.76. The number of hydrogen-bond donors (Lipinski definition) is 0. The van der Waals surface area contributed by atoms with Gasteiger partial charge >= 0.3 is 5.97 Å². The zero-order chi connectivity index (χ0) is 20.3. The second-order valence-electron chi connectivity index (χ2n) is 6.18. The Morgan fingerprint density at radius 1 is 0.967 bits per heavy atom. The molecule has 0 saturated carbocycles. The molecule has 3 aromatic heterocycles. The van der Waals surface area contributed by atoms with Gasteiger partial charge in [0.05, 0.1) is 17.6 Å². The van der Waals surface area contributed by atoms with Crippen LogP contribution in [0.15, 0.2) is 78.7 Å². The Hall–Kier alpha value is -4.18. The van der Waals surface area contributed by atoms with Crippen molar-refractivity contribution in [1.29, 1.82) is 0 Å². The van der Waals surface area contributed by atoms with Gasteiger partial charge in [0.1, 0.15) is 17.1 Å². The van der Waals surface area contributed by atoms with Gasteiger partial charge in [0.25, 0.3) is 0 Å². The van der Waals surface area contributed by atoms with Gasteiger partial charge in [0.2, 0.25) is 0 Å². The van der Waals surface area contributed by atoms with Crippen LogP contribution in [0.2, 0.25) is 0 Å². The lowest BCUT2D eigenvalue weighted by Crippen LogP contribution is -2.09. The van der Waals surface area contributed by atoms with Crippen LogP contribution >= 0.6 is 11.3 Å². The molecule has 0 aliphatic heterocycles. The summed E-state index contributed by atoms with van der Waals surface area (Å²) in [5.41, 5.74) is 2.77. The summed E-state index contributed by atoms with van der Waals surface area (Å²) in [7, 11) is 0. The minimum atomic E-state index is -0.525. The number of thiazole rings is 1. The Balaban J connectivity index is 1.29. The van der Waals surface area contributed by atoms with Crippen LogP contribution in [-0.4, -0.2) is 40.9 Å². The molecule has 0 fully saturated rings. The standard InChI is InChI=1S/C20H13N7O2S/c28-20(29-17-8-6-16(7-9-17)27-13-21-24-25-27)18-12-30-19(23-18)14-10-22-26(11-14)15-4-2-1-3-5-15/h1-13H. The van der Waals surface area contributed by atoms with Crippen LogP contribution < -0.4 is 4.74 Å². The van der Waals surface area contributed by atoms with E-state index in [1.807, 2.05) is 36.5 Å². The Bertz CT molecular complexity index is 1280. The van der Waals surface area contributed by atoms with Gasteiger partial charge in [0.15, 0.2) is 5.69 Å². The van der Waals surface area contributed by atoms with Crippen LogP contribution in [0.1, 0.15) is 10.5 Å². The van der Waals surface area contributed by atoms with Crippen molar-refractivity contribution in [2.75, 3.05) is 0 Å². The lowest BCUT2D eigenvalue weighted by atomic mass is 10.3. The molecule has 0 spiro atoms. The summed E-state index contributed by atoms with van der Waals surface area (Å²) in [6, 6.07) is 16.6. The van der Waals surface area contributed by atoms with Crippen molar-refractivity contribution < 1.29 is 9.53 Å². The van der Waals surface area contributed by atoms with E-state index in [2.05, 4.69) is 25.6 Å². The van der Waals surface area contributed by atoms with Crippen LogP contribution in [0.25, 0.3) is 21.9 Å². The van der Waals surface area contributed by atoms with Crippen LogP contribution in [-0.2, 0) is 0 Å². The van der Waals surface area contributed by atoms with Gasteiger partial charge in [-0.1, -0.05) is 18.2 Å². The zero-order valence-corrected chi connectivity index (χ0v) is 16.2. The van der Waals surface area contributed by atoms with Crippen LogP contribution in [0.5, 0.6) is 5.75 Å². The molecule has 0 aliphatic rings. The minimum Gasteiger partial charge on any atom is -0.422 e. The highest BCUT2D eigenvalue weighted by molar-refractivity contribution is 7.13. The molecule has 5 aromatic rings. The Morgan fingerprint density at radius 3 is 2.53 bits per heavy atom. The zero-order valence-electron chi connectivity index (χ0n) is 15.4. The van der Waals surface area contributed by atoms with Crippen molar-refractivity contribution in [3.63, 3.8) is 0 Å². The van der Waals surface area contributed by atoms with Crippen LogP contribution in [0, 0.1) is 0 Å². The third kappa shape index (κ3) is 3.59. The van der Waals surface area contributed by atoms with Crippen molar-refractivity contribution in [1.82, 2.24) is 35.0 Å². The van der Waals surface area contributed by atoms with Gasteiger partial charge < -0.3 is 4.74 Å². The maximum atomic E-state index is 12.5. The van der Waals surface area contributed by atoms with E-state index >= 15 is 0 Å². The highest BCUT2D eigenvalue weighted by Crippen LogP contribution is 2.25. The molecule has 3 heterocycles. The monoisotopic (exact) mass is 415 g/mol. The highest BCUT2D eigenvalue weighted by Gasteiger charge is 2.15. The Morgan fingerprint density at radius 2 is 1.77 bits per heavy atom. The van der Waals surface area contributed by atoms with Gasteiger partial charge in [0, 0.05) is 17.1 Å². The molecule has 146 valence electrons. The van der Waals surface area contributed by atoms with Gasteiger partial charge in [-0.3, -0.25) is 0 Å². The molecule has 0 N–H and O–H groups in total. The molecular weight excluding hydrogens is 402 g/mol. The van der Waals surface area contributed by atoms with E-state index in [-0.39, 0.29) is 5.69 Å². The Labute approximate surface area is 174 Å². The highest BCUT2D eigenvalue weighted by atomic mass is 32.1. The van der Waals surface area contributed by atoms with E-state index in [0.717, 1.165) is 16.9 Å². The number of ether oxygens (including phenoxy) is 1. The van der Waals surface area contributed by atoms with E-state index in [1.54, 1.807) is 40.5 Å². The number of para-hydroxylation sites is 1. The van der Waals surface area contributed by atoms with Gasteiger partial charge in [-0.25, -0.2) is 19.1 Å². The topological polar surface area (TPSA) is 101 Å². The maximum Gasteiger partial charge on any atom is 0.363 e. The fraction of sp³-hybridized carbons (Fsp3) is 0. The largest absolute Gasteiger partial charge is 0.422 e. The van der Waals surface area contributed by atoms with E-state index < -0.39 is 5.97 Å². The molecule has 5 rings (SSSR count). The number of carbonyl (C=O) groups is 1. The first kappa shape index (κ1) is 17.9. The van der Waals surface area contributed by atoms with Gasteiger partial charge in [-0.15, -0.1) is 16.4 Å². The molecule has 9 nitrogen and oxygen atoms in total. The summed E-state index contributed by atoms with van der Waals surface area (Å²) in [6.07, 6.45) is 5.08. The molecule has 2 aromatic carbocycles. The van der Waals surface area contributed by atoms with Crippen molar-refractivity contribution in [2.45, 2.75) is 0 Å². The number of esters is 1. The average Bonchev–Trinajstić information content (AvgIpc) is 3.56. The molecule has 0 saturated heterocycles. The second kappa shape index (κ2) is 7.68. The van der Waals surface area contributed by atoms with Gasteiger partial charge in [-0.05, 0) is 46.8 Å². The fourth-order valence-corrected chi connectivity index (χ4v) is 3.53. The summed E-state index contributed by atoms with van der Waals surface area (Å²) in [6.45, 7) is 0. The molecule has 30 heavy (non-hydrogen) atoms. The van der Waals surface area contributed by atoms with Crippen LogP contribution in [0.4, 0.5) is 0 Å². The van der Waals surface area contributed by atoms with Crippen molar-refractivity contribution >= 4 is 17.3 Å². The fourth-order valence-electron chi connectivity index (χ4n) is 2.76. The summed E-state index contributed by atoms with van der Waals surface area (Å²) in [5, 5.41) is 17.7. The van der Waals surface area contributed by atoms with E-state index in [9.17, 15) is 4.79 Å². The lowest BCUT2D eigenvalue weighted by molar-refractivity contribution is 0.0729. The molecule has 0 unspecified atom stereocenters. The summed E-state index contributed by atoms with van der Waals surface area (Å²) in [5.74, 6) is -0.119. The predicted molar refractivity (Wildman–Crippen MR) is 109 cm³/mol. The number of benzene rings is 2. The number of aromatic nitrogens is 7. The van der Waals surface area contributed by atoms with Crippen LogP contribution in [0.3, 0.4) is 0 Å². The average molecular weight is 415 g/mol. The molecular formula is C20H13N7O2S.